The standard InChI is InChI=1S/C19H23N7O4/c1-29-15-5-6-16(24-18(15)30-2)23-14-8-13(10-26-17(14)20-11-21-26)25-7-3-4-12(9-25)22-19(27)28/h5-6,8,10-12,22H,3-4,7,9H2,1-2H3,(H,23,24)(H,27,28). The molecule has 1 saturated heterocycles. The van der Waals surface area contributed by atoms with E-state index in [1.807, 2.05) is 12.3 Å². The predicted octanol–water partition coefficient (Wildman–Crippen LogP) is 2.12. The highest BCUT2D eigenvalue weighted by Crippen LogP contribution is 2.30. The third-order valence-corrected chi connectivity index (χ3v) is 4.98. The zero-order valence-corrected chi connectivity index (χ0v) is 16.7. The van der Waals surface area contributed by atoms with Crippen LogP contribution in [-0.2, 0) is 0 Å². The van der Waals surface area contributed by atoms with E-state index in [1.54, 1.807) is 23.8 Å². The number of carboxylic acid groups (broad SMARTS) is 1. The summed E-state index contributed by atoms with van der Waals surface area (Å²) in [7, 11) is 3.09. The zero-order valence-electron chi connectivity index (χ0n) is 16.7. The molecule has 1 atom stereocenters. The van der Waals surface area contributed by atoms with Gasteiger partial charge in [0, 0.05) is 19.1 Å². The largest absolute Gasteiger partial charge is 0.491 e. The molecule has 4 rings (SSSR count). The molecular weight excluding hydrogens is 390 g/mol. The second-order valence-electron chi connectivity index (χ2n) is 6.91. The van der Waals surface area contributed by atoms with Crippen molar-refractivity contribution in [1.82, 2.24) is 24.9 Å². The fourth-order valence-electron chi connectivity index (χ4n) is 3.62. The van der Waals surface area contributed by atoms with Crippen molar-refractivity contribution in [2.24, 2.45) is 0 Å². The highest BCUT2D eigenvalue weighted by molar-refractivity contribution is 5.76. The van der Waals surface area contributed by atoms with Crippen LogP contribution in [0.2, 0.25) is 0 Å². The number of anilines is 3. The Morgan fingerprint density at radius 2 is 2.17 bits per heavy atom. The van der Waals surface area contributed by atoms with Gasteiger partial charge in [-0.3, -0.25) is 0 Å². The first kappa shape index (κ1) is 19.6. The van der Waals surface area contributed by atoms with Crippen molar-refractivity contribution in [3.63, 3.8) is 0 Å². The monoisotopic (exact) mass is 413 g/mol. The third-order valence-electron chi connectivity index (χ3n) is 4.98. The molecule has 0 aliphatic carbocycles. The maximum Gasteiger partial charge on any atom is 0.404 e. The molecule has 0 saturated carbocycles. The highest BCUT2D eigenvalue weighted by Gasteiger charge is 2.23. The van der Waals surface area contributed by atoms with Crippen molar-refractivity contribution in [1.29, 1.82) is 0 Å². The van der Waals surface area contributed by atoms with Crippen molar-refractivity contribution in [3.05, 3.63) is 30.7 Å². The maximum atomic E-state index is 11.0. The van der Waals surface area contributed by atoms with Crippen LogP contribution in [0, 0.1) is 0 Å². The van der Waals surface area contributed by atoms with Gasteiger partial charge < -0.3 is 30.1 Å². The minimum Gasteiger partial charge on any atom is -0.491 e. The van der Waals surface area contributed by atoms with Crippen molar-refractivity contribution in [3.8, 4) is 11.6 Å². The van der Waals surface area contributed by atoms with Gasteiger partial charge >= 0.3 is 6.09 Å². The molecule has 0 bridgehead atoms. The van der Waals surface area contributed by atoms with Gasteiger partial charge in [-0.25, -0.2) is 14.3 Å². The average molecular weight is 413 g/mol. The fraction of sp³-hybridized carbons (Fsp3) is 0.368. The van der Waals surface area contributed by atoms with Crippen LogP contribution in [0.1, 0.15) is 12.8 Å². The van der Waals surface area contributed by atoms with Crippen LogP contribution < -0.4 is 25.0 Å². The quantitative estimate of drug-likeness (QED) is 0.557. The van der Waals surface area contributed by atoms with E-state index in [9.17, 15) is 4.79 Å². The van der Waals surface area contributed by atoms with Crippen LogP contribution in [0.4, 0.5) is 22.0 Å². The SMILES string of the molecule is COc1ccc(Nc2cc(N3CCCC(NC(=O)O)C3)cn3ncnc23)nc1OC. The molecule has 3 aromatic rings. The summed E-state index contributed by atoms with van der Waals surface area (Å²) in [6.07, 6.45) is 4.07. The lowest BCUT2D eigenvalue weighted by Crippen LogP contribution is -2.47. The van der Waals surface area contributed by atoms with Crippen LogP contribution in [0.3, 0.4) is 0 Å². The number of pyridine rings is 2. The number of aromatic nitrogens is 4. The van der Waals surface area contributed by atoms with Gasteiger partial charge in [0.25, 0.3) is 5.88 Å². The molecule has 0 aromatic carbocycles. The van der Waals surface area contributed by atoms with E-state index in [2.05, 4.69) is 30.6 Å². The Morgan fingerprint density at radius 1 is 1.30 bits per heavy atom. The Kier molecular flexibility index (Phi) is 5.42. The van der Waals surface area contributed by atoms with Crippen LogP contribution in [0.25, 0.3) is 5.65 Å². The lowest BCUT2D eigenvalue weighted by Gasteiger charge is -2.34. The summed E-state index contributed by atoms with van der Waals surface area (Å²) >= 11 is 0. The Hall–Kier alpha value is -3.76. The number of nitrogens with zero attached hydrogens (tertiary/aromatic N) is 5. The molecule has 4 heterocycles. The van der Waals surface area contributed by atoms with E-state index >= 15 is 0 Å². The zero-order chi connectivity index (χ0) is 21.1. The molecule has 30 heavy (non-hydrogen) atoms. The van der Waals surface area contributed by atoms with Gasteiger partial charge in [-0.05, 0) is 31.0 Å². The molecule has 1 fully saturated rings. The van der Waals surface area contributed by atoms with Gasteiger partial charge in [0.05, 0.1) is 31.8 Å². The summed E-state index contributed by atoms with van der Waals surface area (Å²) in [5, 5.41) is 19.2. The summed E-state index contributed by atoms with van der Waals surface area (Å²) in [6, 6.07) is 5.40. The average Bonchev–Trinajstić information content (AvgIpc) is 3.22. The molecule has 1 aliphatic heterocycles. The second kappa shape index (κ2) is 8.31. The highest BCUT2D eigenvalue weighted by atomic mass is 16.5. The van der Waals surface area contributed by atoms with Crippen LogP contribution >= 0.6 is 0 Å². The fourth-order valence-corrected chi connectivity index (χ4v) is 3.62. The van der Waals surface area contributed by atoms with Gasteiger partial charge in [-0.1, -0.05) is 0 Å². The Balaban J connectivity index is 1.64. The number of amides is 1. The lowest BCUT2D eigenvalue weighted by atomic mass is 10.1. The van der Waals surface area contributed by atoms with Gasteiger partial charge in [0.15, 0.2) is 11.4 Å². The number of fused-ring (bicyclic) bond motifs is 1. The molecule has 1 amide bonds. The summed E-state index contributed by atoms with van der Waals surface area (Å²) in [6.45, 7) is 1.41. The van der Waals surface area contributed by atoms with E-state index in [-0.39, 0.29) is 6.04 Å². The van der Waals surface area contributed by atoms with Crippen molar-refractivity contribution in [2.45, 2.75) is 18.9 Å². The molecule has 0 radical (unpaired) electrons. The number of nitrogens with one attached hydrogen (secondary N) is 2. The second-order valence-corrected chi connectivity index (χ2v) is 6.91. The Morgan fingerprint density at radius 3 is 2.93 bits per heavy atom. The minimum atomic E-state index is -1.00. The molecular formula is C19H23N7O4. The number of carbonyl (C=O) groups is 1. The van der Waals surface area contributed by atoms with Crippen LogP contribution in [0.15, 0.2) is 30.7 Å². The van der Waals surface area contributed by atoms with E-state index in [0.29, 0.717) is 29.6 Å². The number of ether oxygens (including phenoxy) is 2. The van der Waals surface area contributed by atoms with Crippen molar-refractivity contribution >= 4 is 28.9 Å². The first-order valence-corrected chi connectivity index (χ1v) is 9.51. The summed E-state index contributed by atoms with van der Waals surface area (Å²) in [4.78, 5) is 21.9. The van der Waals surface area contributed by atoms with Crippen LogP contribution in [-0.4, -0.2) is 64.1 Å². The van der Waals surface area contributed by atoms with E-state index in [0.717, 1.165) is 30.8 Å². The lowest BCUT2D eigenvalue weighted by molar-refractivity contribution is 0.188. The van der Waals surface area contributed by atoms with Crippen molar-refractivity contribution in [2.75, 3.05) is 37.5 Å². The smallest absolute Gasteiger partial charge is 0.404 e. The Bertz CT molecular complexity index is 1050. The Labute approximate surface area is 172 Å². The molecule has 3 N–H and O–H groups in total. The van der Waals surface area contributed by atoms with Crippen LogP contribution in [0.5, 0.6) is 11.6 Å². The maximum absolute atomic E-state index is 11.0. The number of piperidine rings is 1. The van der Waals surface area contributed by atoms with Gasteiger partial charge in [0.1, 0.15) is 12.1 Å². The molecule has 11 heteroatoms. The number of hydrogen-bond acceptors (Lipinski definition) is 8. The molecule has 0 spiro atoms. The number of hydrogen-bond donors (Lipinski definition) is 3. The summed E-state index contributed by atoms with van der Waals surface area (Å²) in [5.74, 6) is 1.48. The molecule has 3 aromatic heterocycles. The van der Waals surface area contributed by atoms with E-state index in [4.69, 9.17) is 14.6 Å². The van der Waals surface area contributed by atoms with Crippen molar-refractivity contribution < 1.29 is 19.4 Å². The first-order valence-electron chi connectivity index (χ1n) is 9.51. The molecule has 1 unspecified atom stereocenters. The first-order chi connectivity index (χ1) is 14.6. The number of rotatable bonds is 6. The minimum absolute atomic E-state index is 0.119. The van der Waals surface area contributed by atoms with Gasteiger partial charge in [-0.2, -0.15) is 10.1 Å². The normalized spacial score (nSPS) is 16.3. The summed E-state index contributed by atoms with van der Waals surface area (Å²) < 4.78 is 12.2. The molecule has 1 aliphatic rings. The summed E-state index contributed by atoms with van der Waals surface area (Å²) in [5.41, 5.74) is 2.28. The third kappa shape index (κ3) is 4.00. The van der Waals surface area contributed by atoms with E-state index in [1.165, 1.54) is 13.4 Å². The molecule has 11 nitrogen and oxygen atoms in total. The van der Waals surface area contributed by atoms with Gasteiger partial charge in [0.2, 0.25) is 0 Å². The molecule has 158 valence electrons. The van der Waals surface area contributed by atoms with Gasteiger partial charge in [-0.15, -0.1) is 0 Å². The van der Waals surface area contributed by atoms with E-state index < -0.39 is 6.09 Å². The number of methoxy groups -OCH3 is 2. The predicted molar refractivity (Wildman–Crippen MR) is 110 cm³/mol. The topological polar surface area (TPSA) is 126 Å².